The van der Waals surface area contributed by atoms with Gasteiger partial charge in [0.15, 0.2) is 0 Å². The van der Waals surface area contributed by atoms with Crippen LogP contribution in [0.3, 0.4) is 0 Å². The van der Waals surface area contributed by atoms with E-state index in [-0.39, 0.29) is 23.5 Å². The first kappa shape index (κ1) is 19.9. The summed E-state index contributed by atoms with van der Waals surface area (Å²) in [6, 6.07) is 15.1. The number of ether oxygens (including phenoxy) is 1. The number of rotatable bonds is 8. The van der Waals surface area contributed by atoms with Gasteiger partial charge < -0.3 is 4.74 Å². The van der Waals surface area contributed by atoms with Crippen molar-refractivity contribution in [2.24, 2.45) is 0 Å². The number of carbonyl (C=O) groups is 1. The van der Waals surface area contributed by atoms with Crippen LogP contribution in [-0.2, 0) is 19.6 Å². The molecule has 26 heavy (non-hydrogen) atoms. The van der Waals surface area contributed by atoms with Crippen LogP contribution in [0, 0.1) is 6.92 Å². The monoisotopic (exact) mass is 373 g/mol. The van der Waals surface area contributed by atoms with Crippen molar-refractivity contribution in [2.75, 3.05) is 6.61 Å². The van der Waals surface area contributed by atoms with Gasteiger partial charge in [0.2, 0.25) is 10.0 Å². The van der Waals surface area contributed by atoms with Crippen LogP contribution in [0.15, 0.2) is 71.6 Å². The molecule has 0 radical (unpaired) electrons. The summed E-state index contributed by atoms with van der Waals surface area (Å²) in [7, 11) is -3.75. The number of esters is 1. The summed E-state index contributed by atoms with van der Waals surface area (Å²) in [5.41, 5.74) is 1.93. The standard InChI is InChI=1S/C20H23NO4S/c1-4-25-20(22)16(3)14-19(17-8-6-5-7-9-17)21-26(23,24)18-12-10-15(2)11-13-18/h5-13,19,21H,3-4,14H2,1-2H3/t19-/m0/s1. The summed E-state index contributed by atoms with van der Waals surface area (Å²) in [6.07, 6.45) is 0.119. The molecule has 0 spiro atoms. The molecule has 138 valence electrons. The molecule has 0 fully saturated rings. The largest absolute Gasteiger partial charge is 0.463 e. The van der Waals surface area contributed by atoms with Gasteiger partial charge in [-0.2, -0.15) is 0 Å². The maximum Gasteiger partial charge on any atom is 0.333 e. The van der Waals surface area contributed by atoms with E-state index in [1.807, 2.05) is 25.1 Å². The highest BCUT2D eigenvalue weighted by Gasteiger charge is 2.24. The van der Waals surface area contributed by atoms with Crippen molar-refractivity contribution in [3.05, 3.63) is 77.9 Å². The molecule has 0 bridgehead atoms. The van der Waals surface area contributed by atoms with Crippen molar-refractivity contribution >= 4 is 16.0 Å². The Hall–Kier alpha value is -2.44. The maximum atomic E-state index is 12.7. The lowest BCUT2D eigenvalue weighted by Crippen LogP contribution is -2.29. The normalized spacial score (nSPS) is 12.4. The van der Waals surface area contributed by atoms with Gasteiger partial charge in [-0.05, 0) is 38.0 Å². The summed E-state index contributed by atoms with van der Waals surface area (Å²) in [5.74, 6) is -0.525. The maximum absolute atomic E-state index is 12.7. The second kappa shape index (κ2) is 8.78. The number of hydrogen-bond donors (Lipinski definition) is 1. The third-order valence-corrected chi connectivity index (χ3v) is 5.33. The Balaban J connectivity index is 2.28. The van der Waals surface area contributed by atoms with Gasteiger partial charge >= 0.3 is 5.97 Å². The van der Waals surface area contributed by atoms with Crippen molar-refractivity contribution < 1.29 is 17.9 Å². The fourth-order valence-corrected chi connectivity index (χ4v) is 3.67. The van der Waals surface area contributed by atoms with Crippen LogP contribution >= 0.6 is 0 Å². The second-order valence-electron chi connectivity index (χ2n) is 5.93. The molecule has 1 N–H and O–H groups in total. The average molecular weight is 373 g/mol. The number of benzene rings is 2. The number of carbonyl (C=O) groups excluding carboxylic acids is 1. The number of sulfonamides is 1. The third-order valence-electron chi connectivity index (χ3n) is 3.85. The lowest BCUT2D eigenvalue weighted by Gasteiger charge is -2.20. The minimum atomic E-state index is -3.75. The molecule has 0 aliphatic rings. The quantitative estimate of drug-likeness (QED) is 0.568. The summed E-state index contributed by atoms with van der Waals surface area (Å²) >= 11 is 0. The van der Waals surface area contributed by atoms with Crippen molar-refractivity contribution in [1.82, 2.24) is 4.72 Å². The molecular formula is C20H23NO4S. The predicted molar refractivity (Wildman–Crippen MR) is 101 cm³/mol. The minimum Gasteiger partial charge on any atom is -0.463 e. The Labute approximate surface area is 154 Å². The van der Waals surface area contributed by atoms with E-state index in [1.54, 1.807) is 43.3 Å². The van der Waals surface area contributed by atoms with Gasteiger partial charge in [-0.15, -0.1) is 0 Å². The van der Waals surface area contributed by atoms with Gasteiger partial charge in [0.05, 0.1) is 17.5 Å². The van der Waals surface area contributed by atoms with Gasteiger partial charge in [0.25, 0.3) is 0 Å². The van der Waals surface area contributed by atoms with E-state index >= 15 is 0 Å². The highest BCUT2D eigenvalue weighted by molar-refractivity contribution is 7.89. The molecule has 0 aliphatic carbocycles. The lowest BCUT2D eigenvalue weighted by atomic mass is 10.0. The Kier molecular flexibility index (Phi) is 6.71. The van der Waals surface area contributed by atoms with Crippen molar-refractivity contribution in [1.29, 1.82) is 0 Å². The molecule has 0 aromatic heterocycles. The van der Waals surface area contributed by atoms with Crippen LogP contribution in [0.2, 0.25) is 0 Å². The first-order valence-corrected chi connectivity index (χ1v) is 9.80. The SMILES string of the molecule is C=C(C[C@H](NS(=O)(=O)c1ccc(C)cc1)c1ccccc1)C(=O)OCC. The molecule has 0 saturated carbocycles. The van der Waals surface area contributed by atoms with E-state index in [2.05, 4.69) is 11.3 Å². The van der Waals surface area contributed by atoms with Gasteiger partial charge in [0.1, 0.15) is 0 Å². The van der Waals surface area contributed by atoms with Gasteiger partial charge in [-0.25, -0.2) is 17.9 Å². The Morgan fingerprint density at radius 1 is 1.12 bits per heavy atom. The van der Waals surface area contributed by atoms with Gasteiger partial charge in [-0.1, -0.05) is 54.6 Å². The highest BCUT2D eigenvalue weighted by Crippen LogP contribution is 2.24. The zero-order valence-electron chi connectivity index (χ0n) is 14.9. The molecule has 2 aromatic rings. The first-order chi connectivity index (χ1) is 12.3. The number of aryl methyl sites for hydroxylation is 1. The van der Waals surface area contributed by atoms with E-state index in [9.17, 15) is 13.2 Å². The van der Waals surface area contributed by atoms with Crippen LogP contribution in [-0.4, -0.2) is 21.0 Å². The number of hydrogen-bond acceptors (Lipinski definition) is 4. The third kappa shape index (κ3) is 5.28. The Morgan fingerprint density at radius 3 is 2.31 bits per heavy atom. The summed E-state index contributed by atoms with van der Waals surface area (Å²) < 4.78 is 33.1. The highest BCUT2D eigenvalue weighted by atomic mass is 32.2. The van der Waals surface area contributed by atoms with E-state index in [1.165, 1.54) is 0 Å². The smallest absolute Gasteiger partial charge is 0.333 e. The molecule has 1 atom stereocenters. The summed E-state index contributed by atoms with van der Waals surface area (Å²) in [5, 5.41) is 0. The zero-order valence-corrected chi connectivity index (χ0v) is 15.8. The molecule has 6 heteroatoms. The molecule has 5 nitrogen and oxygen atoms in total. The molecule has 0 saturated heterocycles. The Morgan fingerprint density at radius 2 is 1.73 bits per heavy atom. The fourth-order valence-electron chi connectivity index (χ4n) is 2.45. The van der Waals surface area contributed by atoms with Crippen molar-refractivity contribution in [3.8, 4) is 0 Å². The van der Waals surface area contributed by atoms with Crippen LogP contribution in [0.25, 0.3) is 0 Å². The molecule has 2 rings (SSSR count). The molecule has 0 aliphatic heterocycles. The van der Waals surface area contributed by atoms with Gasteiger partial charge in [0, 0.05) is 5.57 Å². The molecule has 0 heterocycles. The minimum absolute atomic E-state index is 0.119. The fraction of sp³-hybridized carbons (Fsp3) is 0.250. The number of nitrogens with one attached hydrogen (secondary N) is 1. The molecular weight excluding hydrogens is 350 g/mol. The van der Waals surface area contributed by atoms with Crippen LogP contribution < -0.4 is 4.72 Å². The van der Waals surface area contributed by atoms with Crippen LogP contribution in [0.4, 0.5) is 0 Å². The molecule has 0 amide bonds. The second-order valence-corrected chi connectivity index (χ2v) is 7.64. The Bertz CT molecular complexity index is 858. The molecule has 0 unspecified atom stereocenters. The first-order valence-electron chi connectivity index (χ1n) is 8.32. The molecule has 2 aromatic carbocycles. The average Bonchev–Trinajstić information content (AvgIpc) is 2.62. The van der Waals surface area contributed by atoms with E-state index in [0.717, 1.165) is 11.1 Å². The van der Waals surface area contributed by atoms with Crippen LogP contribution in [0.1, 0.15) is 30.5 Å². The van der Waals surface area contributed by atoms with Crippen LogP contribution in [0.5, 0.6) is 0 Å². The van der Waals surface area contributed by atoms with Crippen molar-refractivity contribution in [2.45, 2.75) is 31.2 Å². The zero-order chi connectivity index (χ0) is 19.2. The summed E-state index contributed by atoms with van der Waals surface area (Å²) in [4.78, 5) is 12.1. The summed E-state index contributed by atoms with van der Waals surface area (Å²) in [6.45, 7) is 7.58. The van der Waals surface area contributed by atoms with E-state index in [0.29, 0.717) is 0 Å². The van der Waals surface area contributed by atoms with E-state index in [4.69, 9.17) is 4.74 Å². The van der Waals surface area contributed by atoms with Gasteiger partial charge in [-0.3, -0.25) is 0 Å². The lowest BCUT2D eigenvalue weighted by molar-refractivity contribution is -0.138. The van der Waals surface area contributed by atoms with E-state index < -0.39 is 22.0 Å². The van der Waals surface area contributed by atoms with Crippen molar-refractivity contribution in [3.63, 3.8) is 0 Å². The predicted octanol–water partition coefficient (Wildman–Crippen LogP) is 3.52. The topological polar surface area (TPSA) is 72.5 Å².